The molecule has 0 bridgehead atoms. The normalized spacial score (nSPS) is 18.6. The van der Waals surface area contributed by atoms with Crippen molar-refractivity contribution in [3.63, 3.8) is 0 Å². The summed E-state index contributed by atoms with van der Waals surface area (Å²) in [5, 5.41) is 0. The zero-order chi connectivity index (χ0) is 17.6. The average molecular weight is 336 g/mol. The van der Waals surface area contributed by atoms with E-state index in [1.54, 1.807) is 0 Å². The number of hydrogen-bond acceptors (Lipinski definition) is 4. The molecule has 1 aliphatic heterocycles. The average Bonchev–Trinajstić information content (AvgIpc) is 2.61. The van der Waals surface area contributed by atoms with Crippen LogP contribution in [0.3, 0.4) is 0 Å². The maximum absolute atomic E-state index is 6.21. The maximum Gasteiger partial charge on any atom is 0.0791 e. The van der Waals surface area contributed by atoms with Crippen molar-refractivity contribution in [2.45, 2.75) is 39.3 Å². The summed E-state index contributed by atoms with van der Waals surface area (Å²) in [5.41, 5.74) is 10.6. The van der Waals surface area contributed by atoms with Gasteiger partial charge in [-0.25, -0.2) is 0 Å². The molecular weight excluding hydrogens is 308 g/mol. The van der Waals surface area contributed by atoms with Gasteiger partial charge < -0.3 is 5.73 Å². The lowest BCUT2D eigenvalue weighted by molar-refractivity contribution is 0.279. The summed E-state index contributed by atoms with van der Waals surface area (Å²) < 4.78 is 0. The fraction of sp³-hybridized carbons (Fsp3) is 0.429. The van der Waals surface area contributed by atoms with Crippen LogP contribution >= 0.6 is 0 Å². The first-order valence-corrected chi connectivity index (χ1v) is 9.15. The zero-order valence-corrected chi connectivity index (χ0v) is 15.2. The van der Waals surface area contributed by atoms with E-state index in [0.29, 0.717) is 5.92 Å². The monoisotopic (exact) mass is 336 g/mol. The van der Waals surface area contributed by atoms with E-state index >= 15 is 0 Å². The second-order valence-electron chi connectivity index (χ2n) is 7.15. The van der Waals surface area contributed by atoms with Crippen LogP contribution in [-0.2, 0) is 6.54 Å². The van der Waals surface area contributed by atoms with Crippen molar-refractivity contribution in [2.75, 3.05) is 18.8 Å². The number of aromatic nitrogens is 1. The molecule has 0 amide bonds. The highest BCUT2D eigenvalue weighted by Crippen LogP contribution is 2.31. The molecule has 0 saturated carbocycles. The van der Waals surface area contributed by atoms with Crippen LogP contribution < -0.4 is 5.73 Å². The van der Waals surface area contributed by atoms with E-state index < -0.39 is 0 Å². The molecule has 2 aromatic rings. The molecule has 132 valence electrons. The summed E-state index contributed by atoms with van der Waals surface area (Å²) in [6, 6.07) is 14.3. The minimum atomic E-state index is 0.131. The molecule has 1 aromatic heterocycles. The number of aliphatic imine (C=N–C) groups is 1. The molecule has 25 heavy (non-hydrogen) atoms. The number of nitrogen functional groups attached to an aromatic ring is 1. The lowest BCUT2D eigenvalue weighted by Gasteiger charge is -2.29. The van der Waals surface area contributed by atoms with Gasteiger partial charge in [-0.3, -0.25) is 14.9 Å². The Morgan fingerprint density at radius 2 is 1.96 bits per heavy atom. The van der Waals surface area contributed by atoms with Gasteiger partial charge in [-0.2, -0.15) is 0 Å². The SMILES string of the molecule is CC(C)C(N=C1CCCN(Cc2ccccn2)C1)c1ccccc1N. The van der Waals surface area contributed by atoms with Gasteiger partial charge in [-0.15, -0.1) is 0 Å². The van der Waals surface area contributed by atoms with Gasteiger partial charge in [0.2, 0.25) is 0 Å². The molecule has 2 N–H and O–H groups in total. The largest absolute Gasteiger partial charge is 0.398 e. The van der Waals surface area contributed by atoms with E-state index in [1.807, 2.05) is 30.5 Å². The van der Waals surface area contributed by atoms with E-state index in [1.165, 1.54) is 5.71 Å². The number of hydrogen-bond donors (Lipinski definition) is 1. The molecule has 1 fully saturated rings. The molecule has 4 heteroatoms. The summed E-state index contributed by atoms with van der Waals surface area (Å²) in [7, 11) is 0. The highest BCUT2D eigenvalue weighted by Gasteiger charge is 2.21. The van der Waals surface area contributed by atoms with Crippen molar-refractivity contribution in [3.05, 3.63) is 59.9 Å². The van der Waals surface area contributed by atoms with Crippen molar-refractivity contribution in [1.29, 1.82) is 0 Å². The predicted molar refractivity (Wildman–Crippen MR) is 105 cm³/mol. The maximum atomic E-state index is 6.21. The third-order valence-electron chi connectivity index (χ3n) is 4.73. The van der Waals surface area contributed by atoms with Crippen LogP contribution in [-0.4, -0.2) is 28.7 Å². The smallest absolute Gasteiger partial charge is 0.0791 e. The lowest BCUT2D eigenvalue weighted by Crippen LogP contribution is -2.35. The summed E-state index contributed by atoms with van der Waals surface area (Å²) in [6.07, 6.45) is 4.09. The number of pyridine rings is 1. The quantitative estimate of drug-likeness (QED) is 0.836. The number of nitrogens with zero attached hydrogens (tertiary/aromatic N) is 3. The molecule has 1 unspecified atom stereocenters. The van der Waals surface area contributed by atoms with E-state index in [2.05, 4.69) is 41.9 Å². The summed E-state index contributed by atoms with van der Waals surface area (Å²) in [4.78, 5) is 12.0. The van der Waals surface area contributed by atoms with Crippen LogP contribution in [0.4, 0.5) is 5.69 Å². The van der Waals surface area contributed by atoms with E-state index in [0.717, 1.165) is 49.4 Å². The van der Waals surface area contributed by atoms with Crippen molar-refractivity contribution in [2.24, 2.45) is 10.9 Å². The lowest BCUT2D eigenvalue weighted by atomic mass is 9.94. The zero-order valence-electron chi connectivity index (χ0n) is 15.2. The van der Waals surface area contributed by atoms with Crippen LogP contribution in [0.5, 0.6) is 0 Å². The molecule has 1 saturated heterocycles. The molecule has 1 atom stereocenters. The van der Waals surface area contributed by atoms with Crippen LogP contribution in [0.2, 0.25) is 0 Å². The van der Waals surface area contributed by atoms with Crippen LogP contribution in [0.15, 0.2) is 53.7 Å². The van der Waals surface area contributed by atoms with E-state index in [4.69, 9.17) is 10.7 Å². The number of rotatable bonds is 5. The van der Waals surface area contributed by atoms with Crippen LogP contribution in [0.1, 0.15) is 44.0 Å². The summed E-state index contributed by atoms with van der Waals surface area (Å²) >= 11 is 0. The standard InChI is InChI=1S/C21H28N4/c1-16(2)21(19-10-3-4-11-20(19)22)24-18-9-7-13-25(15-18)14-17-8-5-6-12-23-17/h3-6,8,10-12,16,21H,7,9,13-15,22H2,1-2H3. The third kappa shape index (κ3) is 4.67. The summed E-state index contributed by atoms with van der Waals surface area (Å²) in [5.74, 6) is 0.420. The van der Waals surface area contributed by atoms with Gasteiger partial charge in [-0.05, 0) is 49.1 Å². The minimum absolute atomic E-state index is 0.131. The highest BCUT2D eigenvalue weighted by atomic mass is 15.1. The van der Waals surface area contributed by atoms with Gasteiger partial charge in [0.25, 0.3) is 0 Å². The number of benzene rings is 1. The van der Waals surface area contributed by atoms with Crippen molar-refractivity contribution < 1.29 is 0 Å². The molecular formula is C21H28N4. The van der Waals surface area contributed by atoms with Gasteiger partial charge in [0, 0.05) is 30.7 Å². The van der Waals surface area contributed by atoms with Crippen LogP contribution in [0.25, 0.3) is 0 Å². The summed E-state index contributed by atoms with van der Waals surface area (Å²) in [6.45, 7) is 7.35. The Hall–Kier alpha value is -2.20. The predicted octanol–water partition coefficient (Wildman–Crippen LogP) is 4.10. The number of piperidine rings is 1. The van der Waals surface area contributed by atoms with E-state index in [-0.39, 0.29) is 6.04 Å². The molecule has 1 aromatic carbocycles. The van der Waals surface area contributed by atoms with Crippen molar-refractivity contribution in [1.82, 2.24) is 9.88 Å². The van der Waals surface area contributed by atoms with Crippen LogP contribution in [0, 0.1) is 5.92 Å². The Bertz CT molecular complexity index is 709. The first-order valence-electron chi connectivity index (χ1n) is 9.15. The molecule has 0 spiro atoms. The highest BCUT2D eigenvalue weighted by molar-refractivity contribution is 5.87. The fourth-order valence-corrected chi connectivity index (χ4v) is 3.44. The Kier molecular flexibility index (Phi) is 5.82. The molecule has 0 radical (unpaired) electrons. The topological polar surface area (TPSA) is 54.5 Å². The van der Waals surface area contributed by atoms with Crippen molar-refractivity contribution >= 4 is 11.4 Å². The Labute approximate surface area is 150 Å². The number of anilines is 1. The van der Waals surface area contributed by atoms with Gasteiger partial charge in [0.15, 0.2) is 0 Å². The Morgan fingerprint density at radius 3 is 2.68 bits per heavy atom. The van der Waals surface area contributed by atoms with E-state index in [9.17, 15) is 0 Å². The molecule has 1 aliphatic rings. The Morgan fingerprint density at radius 1 is 1.16 bits per heavy atom. The minimum Gasteiger partial charge on any atom is -0.398 e. The number of likely N-dealkylation sites (tertiary alicyclic amines) is 1. The Balaban J connectivity index is 1.75. The molecule has 4 nitrogen and oxygen atoms in total. The number of para-hydroxylation sites is 1. The van der Waals surface area contributed by atoms with Crippen molar-refractivity contribution in [3.8, 4) is 0 Å². The van der Waals surface area contributed by atoms with Gasteiger partial charge in [0.1, 0.15) is 0 Å². The first kappa shape index (κ1) is 17.6. The second-order valence-corrected chi connectivity index (χ2v) is 7.15. The van der Waals surface area contributed by atoms with Gasteiger partial charge in [0.05, 0.1) is 11.7 Å². The number of nitrogens with two attached hydrogens (primary N) is 1. The third-order valence-corrected chi connectivity index (χ3v) is 4.73. The first-order chi connectivity index (χ1) is 12.1. The molecule has 0 aliphatic carbocycles. The molecule has 3 rings (SSSR count). The second kappa shape index (κ2) is 8.26. The van der Waals surface area contributed by atoms with Gasteiger partial charge in [-0.1, -0.05) is 38.1 Å². The fourth-order valence-electron chi connectivity index (χ4n) is 3.44. The van der Waals surface area contributed by atoms with Gasteiger partial charge >= 0.3 is 0 Å². The molecule has 2 heterocycles.